The molecule has 2 N–H and O–H groups in total. The van der Waals surface area contributed by atoms with Gasteiger partial charge in [0.2, 0.25) is 0 Å². The molecule has 7 heteroatoms. The third-order valence-electron chi connectivity index (χ3n) is 4.39. The van der Waals surface area contributed by atoms with E-state index < -0.39 is 11.1 Å². The number of amides is 1. The normalized spacial score (nSPS) is 19.3. The van der Waals surface area contributed by atoms with Crippen LogP contribution >= 0.6 is 11.3 Å². The number of carbonyl (C=O) groups is 1. The Labute approximate surface area is 136 Å². The summed E-state index contributed by atoms with van der Waals surface area (Å²) in [6.07, 6.45) is 3.64. The molecule has 1 aromatic heterocycles. The van der Waals surface area contributed by atoms with Crippen LogP contribution in [0.3, 0.4) is 0 Å². The lowest BCUT2D eigenvalue weighted by Crippen LogP contribution is -2.38. The number of nitro benzene ring substituents is 1. The number of benzene rings is 1. The SMILES string of the molecule is O=C1N[C@H](c2ccccc2[N+](=O)[O-])Nc2sc3c(c21)CCCC3. The minimum absolute atomic E-state index is 0.00932. The molecule has 1 aromatic carbocycles. The molecule has 0 fully saturated rings. The Morgan fingerprint density at radius 3 is 2.78 bits per heavy atom. The van der Waals surface area contributed by atoms with Crippen LogP contribution in [0, 0.1) is 10.1 Å². The van der Waals surface area contributed by atoms with Crippen LogP contribution in [0.25, 0.3) is 0 Å². The fraction of sp³-hybridized carbons (Fsp3) is 0.312. The van der Waals surface area contributed by atoms with Crippen LogP contribution in [0.4, 0.5) is 10.7 Å². The van der Waals surface area contributed by atoms with Crippen molar-refractivity contribution in [2.75, 3.05) is 5.32 Å². The molecule has 1 aliphatic heterocycles. The van der Waals surface area contributed by atoms with Gasteiger partial charge in [0.25, 0.3) is 11.6 Å². The second-order valence-corrected chi connectivity index (χ2v) is 6.89. The minimum atomic E-state index is -0.572. The molecule has 0 spiro atoms. The average molecular weight is 329 g/mol. The van der Waals surface area contributed by atoms with E-state index in [9.17, 15) is 14.9 Å². The second kappa shape index (κ2) is 5.34. The van der Waals surface area contributed by atoms with Gasteiger partial charge >= 0.3 is 0 Å². The highest BCUT2D eigenvalue weighted by atomic mass is 32.1. The third-order valence-corrected chi connectivity index (χ3v) is 5.62. The first-order valence-electron chi connectivity index (χ1n) is 7.60. The summed E-state index contributed by atoms with van der Waals surface area (Å²) in [5.41, 5.74) is 2.37. The molecule has 6 nitrogen and oxygen atoms in total. The van der Waals surface area contributed by atoms with E-state index in [-0.39, 0.29) is 11.6 Å². The maximum absolute atomic E-state index is 12.6. The van der Waals surface area contributed by atoms with E-state index in [4.69, 9.17) is 0 Å². The number of hydrogen-bond acceptors (Lipinski definition) is 5. The van der Waals surface area contributed by atoms with Crippen molar-refractivity contribution >= 4 is 27.9 Å². The summed E-state index contributed by atoms with van der Waals surface area (Å²) in [4.78, 5) is 24.6. The maximum atomic E-state index is 12.6. The van der Waals surface area contributed by atoms with Crippen LogP contribution in [0.5, 0.6) is 0 Å². The van der Waals surface area contributed by atoms with Crippen molar-refractivity contribution in [1.29, 1.82) is 0 Å². The fourth-order valence-corrected chi connectivity index (χ4v) is 4.65. The largest absolute Gasteiger partial charge is 0.352 e. The molecule has 0 saturated heterocycles. The number of thiophene rings is 1. The Morgan fingerprint density at radius 2 is 1.96 bits per heavy atom. The van der Waals surface area contributed by atoms with Crippen LogP contribution in [0.2, 0.25) is 0 Å². The lowest BCUT2D eigenvalue weighted by molar-refractivity contribution is -0.385. The highest BCUT2D eigenvalue weighted by Crippen LogP contribution is 2.42. The van der Waals surface area contributed by atoms with Gasteiger partial charge in [-0.25, -0.2) is 0 Å². The molecule has 0 saturated carbocycles. The summed E-state index contributed by atoms with van der Waals surface area (Å²) in [5, 5.41) is 18.2. The Morgan fingerprint density at radius 1 is 1.17 bits per heavy atom. The number of para-hydroxylation sites is 1. The minimum Gasteiger partial charge on any atom is -0.352 e. The molecule has 1 amide bonds. The van der Waals surface area contributed by atoms with Gasteiger partial charge in [-0.3, -0.25) is 14.9 Å². The van der Waals surface area contributed by atoms with Gasteiger partial charge in [0.1, 0.15) is 11.2 Å². The predicted molar refractivity (Wildman–Crippen MR) is 87.9 cm³/mol. The number of anilines is 1. The molecule has 1 aliphatic carbocycles. The predicted octanol–water partition coefficient (Wildman–Crippen LogP) is 3.39. The number of nitro groups is 1. The van der Waals surface area contributed by atoms with Crippen LogP contribution in [0.15, 0.2) is 24.3 Å². The molecule has 0 bridgehead atoms. The molecule has 0 unspecified atom stereocenters. The Bertz CT molecular complexity index is 815. The standard InChI is InChI=1S/C16H15N3O3S/c20-15-13-10-6-2-4-8-12(10)23-16(13)18-14(17-15)9-5-1-3-7-11(9)19(21)22/h1,3,5,7,14,18H,2,4,6,8H2,(H,17,20)/t14-/m0/s1. The highest BCUT2D eigenvalue weighted by molar-refractivity contribution is 7.16. The average Bonchev–Trinajstić information content (AvgIpc) is 2.93. The molecule has 2 heterocycles. The number of carbonyl (C=O) groups excluding carboxylic acids is 1. The summed E-state index contributed by atoms with van der Waals surface area (Å²) < 4.78 is 0. The lowest BCUT2D eigenvalue weighted by Gasteiger charge is -2.26. The number of rotatable bonds is 2. The maximum Gasteiger partial charge on any atom is 0.276 e. The van der Waals surface area contributed by atoms with Crippen molar-refractivity contribution in [2.24, 2.45) is 0 Å². The summed E-state index contributed by atoms with van der Waals surface area (Å²) >= 11 is 1.61. The van der Waals surface area contributed by atoms with E-state index >= 15 is 0 Å². The Balaban J connectivity index is 1.75. The zero-order chi connectivity index (χ0) is 16.0. The summed E-state index contributed by atoms with van der Waals surface area (Å²) in [7, 11) is 0. The molecule has 2 aliphatic rings. The molecule has 4 rings (SSSR count). The smallest absolute Gasteiger partial charge is 0.276 e. The first-order chi connectivity index (χ1) is 11.1. The molecular formula is C16H15N3O3S. The first-order valence-corrected chi connectivity index (χ1v) is 8.42. The van der Waals surface area contributed by atoms with E-state index in [1.165, 1.54) is 10.9 Å². The van der Waals surface area contributed by atoms with Gasteiger partial charge in [0.15, 0.2) is 0 Å². The highest BCUT2D eigenvalue weighted by Gasteiger charge is 2.34. The summed E-state index contributed by atoms with van der Waals surface area (Å²) in [6.45, 7) is 0. The quantitative estimate of drug-likeness (QED) is 0.653. The number of nitrogens with zero attached hydrogens (tertiary/aromatic N) is 1. The van der Waals surface area contributed by atoms with Gasteiger partial charge in [-0.1, -0.05) is 12.1 Å². The molecular weight excluding hydrogens is 314 g/mol. The van der Waals surface area contributed by atoms with Crippen molar-refractivity contribution in [2.45, 2.75) is 31.8 Å². The molecule has 23 heavy (non-hydrogen) atoms. The van der Waals surface area contributed by atoms with Gasteiger partial charge in [0, 0.05) is 10.9 Å². The summed E-state index contributed by atoms with van der Waals surface area (Å²) in [5.74, 6) is -0.138. The van der Waals surface area contributed by atoms with Crippen molar-refractivity contribution in [3.63, 3.8) is 0 Å². The zero-order valence-corrected chi connectivity index (χ0v) is 13.1. The van der Waals surface area contributed by atoms with Crippen LogP contribution in [-0.2, 0) is 12.8 Å². The van der Waals surface area contributed by atoms with E-state index in [0.29, 0.717) is 5.56 Å². The van der Waals surface area contributed by atoms with Gasteiger partial charge in [0.05, 0.1) is 16.1 Å². The van der Waals surface area contributed by atoms with Crippen LogP contribution in [-0.4, -0.2) is 10.8 Å². The third kappa shape index (κ3) is 2.28. The molecule has 2 aromatic rings. The Kier molecular flexibility index (Phi) is 3.30. The lowest BCUT2D eigenvalue weighted by atomic mass is 9.94. The number of aryl methyl sites for hydroxylation is 1. The van der Waals surface area contributed by atoms with Gasteiger partial charge in [-0.2, -0.15) is 0 Å². The fourth-order valence-electron chi connectivity index (χ4n) is 3.33. The van der Waals surface area contributed by atoms with Gasteiger partial charge in [-0.05, 0) is 37.3 Å². The van der Waals surface area contributed by atoms with E-state index in [1.807, 2.05) is 0 Å². The Hall–Kier alpha value is -2.41. The van der Waals surface area contributed by atoms with Crippen molar-refractivity contribution in [3.05, 3.63) is 55.9 Å². The van der Waals surface area contributed by atoms with E-state index in [2.05, 4.69) is 10.6 Å². The van der Waals surface area contributed by atoms with E-state index in [0.717, 1.165) is 41.8 Å². The number of fused-ring (bicyclic) bond motifs is 3. The van der Waals surface area contributed by atoms with Crippen LogP contribution in [0.1, 0.15) is 45.4 Å². The van der Waals surface area contributed by atoms with Gasteiger partial charge in [-0.15, -0.1) is 11.3 Å². The zero-order valence-electron chi connectivity index (χ0n) is 12.3. The number of nitrogens with one attached hydrogen (secondary N) is 2. The second-order valence-electron chi connectivity index (χ2n) is 5.78. The van der Waals surface area contributed by atoms with E-state index in [1.54, 1.807) is 29.5 Å². The number of hydrogen-bond donors (Lipinski definition) is 2. The topological polar surface area (TPSA) is 84.3 Å². The van der Waals surface area contributed by atoms with Crippen LogP contribution < -0.4 is 10.6 Å². The van der Waals surface area contributed by atoms with Crippen molar-refractivity contribution in [3.8, 4) is 0 Å². The van der Waals surface area contributed by atoms with Gasteiger partial charge < -0.3 is 10.6 Å². The first kappa shape index (κ1) is 14.2. The molecule has 118 valence electrons. The molecule has 1 atom stereocenters. The monoisotopic (exact) mass is 329 g/mol. The molecule has 0 radical (unpaired) electrons. The van der Waals surface area contributed by atoms with Crippen molar-refractivity contribution in [1.82, 2.24) is 5.32 Å². The summed E-state index contributed by atoms with van der Waals surface area (Å²) in [6, 6.07) is 6.50. The van der Waals surface area contributed by atoms with Crippen molar-refractivity contribution < 1.29 is 9.72 Å².